The molecule has 1 aromatic carbocycles. The fourth-order valence-corrected chi connectivity index (χ4v) is 3.47. The minimum absolute atomic E-state index is 0.316. The van der Waals surface area contributed by atoms with E-state index in [4.69, 9.17) is 16.3 Å². The van der Waals surface area contributed by atoms with Crippen molar-refractivity contribution in [3.8, 4) is 0 Å². The summed E-state index contributed by atoms with van der Waals surface area (Å²) in [7, 11) is 0. The molecule has 0 saturated carbocycles. The number of rotatable bonds is 7. The zero-order valence-electron chi connectivity index (χ0n) is 16.3. The van der Waals surface area contributed by atoms with Crippen LogP contribution in [0.2, 0.25) is 5.02 Å². The SMILES string of the molecule is CCOC(=O)C=Cc1cnc(N[C@@H]2CCN(Cc3ccc(C)cc3)C2)c(Cl)c1. The molecule has 1 atom stereocenters. The lowest BCUT2D eigenvalue weighted by molar-refractivity contribution is -0.137. The lowest BCUT2D eigenvalue weighted by Gasteiger charge is -2.18. The summed E-state index contributed by atoms with van der Waals surface area (Å²) in [5.41, 5.74) is 3.38. The van der Waals surface area contributed by atoms with Crippen LogP contribution in [0.4, 0.5) is 5.82 Å². The van der Waals surface area contributed by atoms with Crippen LogP contribution in [-0.4, -0.2) is 41.6 Å². The van der Waals surface area contributed by atoms with Crippen LogP contribution >= 0.6 is 11.6 Å². The number of nitrogens with zero attached hydrogens (tertiary/aromatic N) is 2. The molecule has 28 heavy (non-hydrogen) atoms. The lowest BCUT2D eigenvalue weighted by Crippen LogP contribution is -2.26. The molecule has 0 spiro atoms. The van der Waals surface area contributed by atoms with Gasteiger partial charge in [0.2, 0.25) is 0 Å². The maximum Gasteiger partial charge on any atom is 0.330 e. The molecule has 1 saturated heterocycles. The van der Waals surface area contributed by atoms with E-state index in [0.29, 0.717) is 23.5 Å². The molecule has 0 aliphatic carbocycles. The van der Waals surface area contributed by atoms with E-state index in [1.165, 1.54) is 17.2 Å². The first-order valence-corrected chi connectivity index (χ1v) is 9.96. The minimum Gasteiger partial charge on any atom is -0.463 e. The molecule has 3 rings (SSSR count). The molecule has 0 radical (unpaired) electrons. The first-order chi connectivity index (χ1) is 13.5. The van der Waals surface area contributed by atoms with Crippen LogP contribution < -0.4 is 5.32 Å². The second-order valence-electron chi connectivity index (χ2n) is 7.04. The van der Waals surface area contributed by atoms with Crippen LogP contribution in [0.5, 0.6) is 0 Å². The molecule has 0 unspecified atom stereocenters. The minimum atomic E-state index is -0.375. The fourth-order valence-electron chi connectivity index (χ4n) is 3.24. The van der Waals surface area contributed by atoms with Crippen molar-refractivity contribution in [3.05, 3.63) is 64.3 Å². The van der Waals surface area contributed by atoms with Crippen molar-refractivity contribution >= 4 is 29.5 Å². The molecular weight excluding hydrogens is 374 g/mol. The van der Waals surface area contributed by atoms with Gasteiger partial charge in [-0.05, 0) is 43.5 Å². The Morgan fingerprint density at radius 3 is 2.89 bits per heavy atom. The van der Waals surface area contributed by atoms with Crippen molar-refractivity contribution in [2.75, 3.05) is 25.0 Å². The van der Waals surface area contributed by atoms with Crippen molar-refractivity contribution in [2.24, 2.45) is 0 Å². The summed E-state index contributed by atoms with van der Waals surface area (Å²) in [6, 6.07) is 10.8. The van der Waals surface area contributed by atoms with E-state index >= 15 is 0 Å². The Kier molecular flexibility index (Phi) is 7.06. The van der Waals surface area contributed by atoms with Gasteiger partial charge in [-0.15, -0.1) is 0 Å². The lowest BCUT2D eigenvalue weighted by atomic mass is 10.1. The topological polar surface area (TPSA) is 54.5 Å². The number of benzene rings is 1. The molecule has 1 fully saturated rings. The van der Waals surface area contributed by atoms with Gasteiger partial charge in [0, 0.05) is 37.9 Å². The zero-order valence-corrected chi connectivity index (χ0v) is 17.1. The molecule has 6 heteroatoms. The first kappa shape index (κ1) is 20.4. The summed E-state index contributed by atoms with van der Waals surface area (Å²) in [4.78, 5) is 18.3. The largest absolute Gasteiger partial charge is 0.463 e. The molecular formula is C22H26ClN3O2. The fraction of sp³-hybridized carbons (Fsp3) is 0.364. The van der Waals surface area contributed by atoms with Crippen LogP contribution in [0.15, 0.2) is 42.6 Å². The maximum absolute atomic E-state index is 11.4. The highest BCUT2D eigenvalue weighted by Gasteiger charge is 2.23. The Morgan fingerprint density at radius 1 is 1.39 bits per heavy atom. The number of nitrogens with one attached hydrogen (secondary N) is 1. The number of hydrogen-bond donors (Lipinski definition) is 1. The van der Waals surface area contributed by atoms with E-state index in [1.54, 1.807) is 25.3 Å². The second-order valence-corrected chi connectivity index (χ2v) is 7.44. The van der Waals surface area contributed by atoms with Crippen molar-refractivity contribution < 1.29 is 9.53 Å². The Balaban J connectivity index is 1.54. The Hall–Kier alpha value is -2.37. The maximum atomic E-state index is 11.4. The predicted octanol–water partition coefficient (Wildman–Crippen LogP) is 4.31. The number of carbonyl (C=O) groups is 1. The number of anilines is 1. The number of halogens is 1. The molecule has 148 valence electrons. The number of aromatic nitrogens is 1. The van der Waals surface area contributed by atoms with Gasteiger partial charge in [0.05, 0.1) is 11.6 Å². The highest BCUT2D eigenvalue weighted by molar-refractivity contribution is 6.33. The molecule has 1 aliphatic rings. The third-order valence-corrected chi connectivity index (χ3v) is 4.99. The highest BCUT2D eigenvalue weighted by atomic mass is 35.5. The molecule has 5 nitrogen and oxygen atoms in total. The van der Waals surface area contributed by atoms with Gasteiger partial charge in [0.15, 0.2) is 0 Å². The van der Waals surface area contributed by atoms with Gasteiger partial charge in [-0.25, -0.2) is 9.78 Å². The van der Waals surface area contributed by atoms with Crippen molar-refractivity contribution in [3.63, 3.8) is 0 Å². The number of likely N-dealkylation sites (tertiary alicyclic amines) is 1. The Labute approximate surface area is 171 Å². The Morgan fingerprint density at radius 2 is 2.18 bits per heavy atom. The third kappa shape index (κ3) is 5.81. The molecule has 2 heterocycles. The standard InChI is InChI=1S/C22H26ClN3O2/c1-3-28-21(27)9-8-18-12-20(23)22(24-13-18)25-19-10-11-26(15-19)14-17-6-4-16(2)5-7-17/h4-9,12-13,19H,3,10-11,14-15H2,1-2H3,(H,24,25)/t19-/m1/s1. The van der Waals surface area contributed by atoms with E-state index in [1.807, 2.05) is 0 Å². The van der Waals surface area contributed by atoms with Gasteiger partial charge in [0.25, 0.3) is 0 Å². The van der Waals surface area contributed by atoms with Gasteiger partial charge in [-0.1, -0.05) is 41.4 Å². The molecule has 2 aromatic rings. The first-order valence-electron chi connectivity index (χ1n) is 9.58. The highest BCUT2D eigenvalue weighted by Crippen LogP contribution is 2.24. The number of ether oxygens (including phenoxy) is 1. The van der Waals surface area contributed by atoms with E-state index in [2.05, 4.69) is 46.4 Å². The molecule has 1 N–H and O–H groups in total. The summed E-state index contributed by atoms with van der Waals surface area (Å²) in [5.74, 6) is 0.303. The quantitative estimate of drug-likeness (QED) is 0.555. The second kappa shape index (κ2) is 9.71. The third-order valence-electron chi connectivity index (χ3n) is 4.70. The summed E-state index contributed by atoms with van der Waals surface area (Å²) in [5, 5.41) is 3.99. The number of aryl methyl sites for hydroxylation is 1. The van der Waals surface area contributed by atoms with Crippen LogP contribution in [0.1, 0.15) is 30.0 Å². The summed E-state index contributed by atoms with van der Waals surface area (Å²) in [6.45, 7) is 7.19. The van der Waals surface area contributed by atoms with Gasteiger partial charge >= 0.3 is 5.97 Å². The number of hydrogen-bond acceptors (Lipinski definition) is 5. The van der Waals surface area contributed by atoms with Crippen molar-refractivity contribution in [1.29, 1.82) is 0 Å². The van der Waals surface area contributed by atoms with E-state index in [0.717, 1.165) is 31.6 Å². The average molecular weight is 400 g/mol. The van der Waals surface area contributed by atoms with Gasteiger partial charge < -0.3 is 10.1 Å². The summed E-state index contributed by atoms with van der Waals surface area (Å²) >= 11 is 6.38. The number of carbonyl (C=O) groups excluding carboxylic acids is 1. The van der Waals surface area contributed by atoms with E-state index in [-0.39, 0.29) is 5.97 Å². The van der Waals surface area contributed by atoms with Crippen molar-refractivity contribution in [1.82, 2.24) is 9.88 Å². The number of esters is 1. The van der Waals surface area contributed by atoms with Crippen molar-refractivity contribution in [2.45, 2.75) is 32.9 Å². The average Bonchev–Trinajstić information content (AvgIpc) is 3.11. The normalized spacial score (nSPS) is 17.2. The molecule has 1 aromatic heterocycles. The van der Waals surface area contributed by atoms with Crippen LogP contribution in [0, 0.1) is 6.92 Å². The molecule has 0 bridgehead atoms. The monoisotopic (exact) mass is 399 g/mol. The zero-order chi connectivity index (χ0) is 19.9. The molecule has 0 amide bonds. The van der Waals surface area contributed by atoms with Crippen LogP contribution in [0.3, 0.4) is 0 Å². The Bertz CT molecular complexity index is 836. The summed E-state index contributed by atoms with van der Waals surface area (Å²) in [6.07, 6.45) is 5.78. The van der Waals surface area contributed by atoms with Gasteiger partial charge in [0.1, 0.15) is 5.82 Å². The van der Waals surface area contributed by atoms with Crippen LogP contribution in [-0.2, 0) is 16.1 Å². The van der Waals surface area contributed by atoms with Gasteiger partial charge in [-0.2, -0.15) is 0 Å². The predicted molar refractivity (Wildman–Crippen MR) is 113 cm³/mol. The van der Waals surface area contributed by atoms with E-state index < -0.39 is 0 Å². The van der Waals surface area contributed by atoms with E-state index in [9.17, 15) is 4.79 Å². The van der Waals surface area contributed by atoms with Gasteiger partial charge in [-0.3, -0.25) is 4.90 Å². The summed E-state index contributed by atoms with van der Waals surface area (Å²) < 4.78 is 4.87. The number of pyridine rings is 1. The molecule has 1 aliphatic heterocycles. The van der Waals surface area contributed by atoms with Crippen LogP contribution in [0.25, 0.3) is 6.08 Å². The smallest absolute Gasteiger partial charge is 0.330 e.